The van der Waals surface area contributed by atoms with Gasteiger partial charge in [-0.3, -0.25) is 4.79 Å². The summed E-state index contributed by atoms with van der Waals surface area (Å²) < 4.78 is 5.22. The van der Waals surface area contributed by atoms with Crippen LogP contribution in [0.25, 0.3) is 0 Å². The maximum Gasteiger partial charge on any atom is 0.255 e. The highest BCUT2D eigenvalue weighted by Gasteiger charge is 2.17. The highest BCUT2D eigenvalue weighted by atomic mass is 16.3. The number of amides is 1. The monoisotopic (exact) mass is 224 g/mol. The molecule has 16 heavy (non-hydrogen) atoms. The van der Waals surface area contributed by atoms with Crippen LogP contribution in [0.4, 0.5) is 0 Å². The summed E-state index contributed by atoms with van der Waals surface area (Å²) in [4.78, 5) is 11.9. The number of furan rings is 1. The Labute approximate surface area is 96.2 Å². The molecule has 4 nitrogen and oxygen atoms in total. The predicted molar refractivity (Wildman–Crippen MR) is 63.2 cm³/mol. The second-order valence-electron chi connectivity index (χ2n) is 4.09. The molecule has 0 aliphatic heterocycles. The molecule has 0 aliphatic rings. The van der Waals surface area contributed by atoms with Gasteiger partial charge in [0.05, 0.1) is 11.8 Å². The molecule has 1 heterocycles. The van der Waals surface area contributed by atoms with Crippen molar-refractivity contribution in [1.29, 1.82) is 0 Å². The molecule has 0 saturated carbocycles. The Balaban J connectivity index is 2.65. The van der Waals surface area contributed by atoms with Crippen LogP contribution in [-0.4, -0.2) is 18.5 Å². The zero-order chi connectivity index (χ0) is 12.1. The van der Waals surface area contributed by atoms with E-state index in [0.717, 1.165) is 12.2 Å². The summed E-state index contributed by atoms with van der Waals surface area (Å²) >= 11 is 0. The lowest BCUT2D eigenvalue weighted by Crippen LogP contribution is -2.39. The van der Waals surface area contributed by atoms with Crippen LogP contribution in [0.3, 0.4) is 0 Å². The molecule has 2 unspecified atom stereocenters. The first-order valence-electron chi connectivity index (χ1n) is 5.67. The van der Waals surface area contributed by atoms with Crippen molar-refractivity contribution in [1.82, 2.24) is 5.32 Å². The van der Waals surface area contributed by atoms with Gasteiger partial charge in [0.15, 0.2) is 0 Å². The molecular weight excluding hydrogens is 204 g/mol. The van der Waals surface area contributed by atoms with Crippen LogP contribution in [0.1, 0.15) is 36.9 Å². The summed E-state index contributed by atoms with van der Waals surface area (Å²) in [5.41, 5.74) is 6.18. The first kappa shape index (κ1) is 12.8. The maximum atomic E-state index is 11.9. The van der Waals surface area contributed by atoms with Gasteiger partial charge in [-0.05, 0) is 25.5 Å². The first-order valence-corrected chi connectivity index (χ1v) is 5.67. The average molecular weight is 224 g/mol. The zero-order valence-corrected chi connectivity index (χ0v) is 10.1. The second kappa shape index (κ2) is 5.70. The largest absolute Gasteiger partial charge is 0.469 e. The molecular formula is C12H20N2O2. The van der Waals surface area contributed by atoms with Gasteiger partial charge in [0.25, 0.3) is 5.91 Å². The predicted octanol–water partition coefficient (Wildman–Crippen LogP) is 1.56. The third-order valence-electron chi connectivity index (χ3n) is 2.90. The van der Waals surface area contributed by atoms with Crippen LogP contribution >= 0.6 is 0 Å². The minimum atomic E-state index is -0.0848. The van der Waals surface area contributed by atoms with Crippen molar-refractivity contribution in [2.24, 2.45) is 11.7 Å². The molecule has 0 bridgehead atoms. The Kier molecular flexibility index (Phi) is 4.55. The van der Waals surface area contributed by atoms with Crippen LogP contribution in [-0.2, 0) is 6.42 Å². The van der Waals surface area contributed by atoms with Gasteiger partial charge in [-0.2, -0.15) is 0 Å². The van der Waals surface area contributed by atoms with E-state index in [1.54, 1.807) is 12.3 Å². The molecule has 0 spiro atoms. The summed E-state index contributed by atoms with van der Waals surface area (Å²) in [6, 6.07) is 1.77. The number of carbonyl (C=O) groups is 1. The molecule has 1 rings (SSSR count). The van der Waals surface area contributed by atoms with E-state index < -0.39 is 0 Å². The number of hydrogen-bond donors (Lipinski definition) is 2. The van der Waals surface area contributed by atoms with Crippen molar-refractivity contribution in [3.05, 3.63) is 23.7 Å². The van der Waals surface area contributed by atoms with Crippen LogP contribution in [0.5, 0.6) is 0 Å². The van der Waals surface area contributed by atoms with Crippen molar-refractivity contribution >= 4 is 5.91 Å². The van der Waals surface area contributed by atoms with E-state index >= 15 is 0 Å². The van der Waals surface area contributed by atoms with E-state index in [0.29, 0.717) is 12.1 Å². The standard InChI is InChI=1S/C12H20N2O2/c1-4-11-10(5-6-16-11)12(15)14-9(3)8(2)7-13/h5-6,8-9H,4,7,13H2,1-3H3,(H,14,15). The third kappa shape index (κ3) is 2.85. The number of carbonyl (C=O) groups excluding carboxylic acids is 1. The number of nitrogens with one attached hydrogen (secondary N) is 1. The van der Waals surface area contributed by atoms with Crippen molar-refractivity contribution in [3.8, 4) is 0 Å². The Morgan fingerprint density at radius 1 is 1.56 bits per heavy atom. The van der Waals surface area contributed by atoms with E-state index in [4.69, 9.17) is 10.2 Å². The Hall–Kier alpha value is -1.29. The summed E-state index contributed by atoms with van der Waals surface area (Å²) in [5.74, 6) is 0.907. The molecule has 2 atom stereocenters. The van der Waals surface area contributed by atoms with E-state index in [1.807, 2.05) is 20.8 Å². The van der Waals surface area contributed by atoms with Gasteiger partial charge in [0.2, 0.25) is 0 Å². The normalized spacial score (nSPS) is 14.5. The minimum absolute atomic E-state index is 0.0668. The fourth-order valence-electron chi connectivity index (χ4n) is 1.45. The maximum absolute atomic E-state index is 11.9. The highest BCUT2D eigenvalue weighted by Crippen LogP contribution is 2.12. The molecule has 0 saturated heterocycles. The van der Waals surface area contributed by atoms with Crippen molar-refractivity contribution in [3.63, 3.8) is 0 Å². The van der Waals surface area contributed by atoms with E-state index in [9.17, 15) is 4.79 Å². The van der Waals surface area contributed by atoms with Crippen LogP contribution in [0.15, 0.2) is 16.7 Å². The summed E-state index contributed by atoms with van der Waals surface area (Å²) in [5, 5.41) is 2.93. The zero-order valence-electron chi connectivity index (χ0n) is 10.1. The van der Waals surface area contributed by atoms with Gasteiger partial charge in [-0.15, -0.1) is 0 Å². The number of nitrogens with two attached hydrogens (primary N) is 1. The van der Waals surface area contributed by atoms with E-state index in [-0.39, 0.29) is 17.9 Å². The van der Waals surface area contributed by atoms with Gasteiger partial charge in [0, 0.05) is 12.5 Å². The van der Waals surface area contributed by atoms with Gasteiger partial charge in [0.1, 0.15) is 5.76 Å². The SMILES string of the molecule is CCc1occc1C(=O)NC(C)C(C)CN. The van der Waals surface area contributed by atoms with E-state index in [2.05, 4.69) is 5.32 Å². The molecule has 1 aromatic heterocycles. The van der Waals surface area contributed by atoms with Crippen LogP contribution in [0.2, 0.25) is 0 Å². The van der Waals surface area contributed by atoms with Gasteiger partial charge >= 0.3 is 0 Å². The lowest BCUT2D eigenvalue weighted by Gasteiger charge is -2.19. The highest BCUT2D eigenvalue weighted by molar-refractivity contribution is 5.95. The molecule has 90 valence electrons. The van der Waals surface area contributed by atoms with E-state index in [1.165, 1.54) is 0 Å². The summed E-state index contributed by atoms with van der Waals surface area (Å²) in [6.45, 7) is 6.50. The lowest BCUT2D eigenvalue weighted by atomic mass is 10.0. The minimum Gasteiger partial charge on any atom is -0.469 e. The lowest BCUT2D eigenvalue weighted by molar-refractivity contribution is 0.0927. The van der Waals surface area contributed by atoms with Gasteiger partial charge < -0.3 is 15.5 Å². The molecule has 3 N–H and O–H groups in total. The summed E-state index contributed by atoms with van der Waals surface area (Å²) in [6.07, 6.45) is 2.27. The fraction of sp³-hybridized carbons (Fsp3) is 0.583. The van der Waals surface area contributed by atoms with Crippen LogP contribution < -0.4 is 11.1 Å². The van der Waals surface area contributed by atoms with Gasteiger partial charge in [-0.25, -0.2) is 0 Å². The number of aryl methyl sites for hydroxylation is 1. The quantitative estimate of drug-likeness (QED) is 0.797. The summed E-state index contributed by atoms with van der Waals surface area (Å²) in [7, 11) is 0. The van der Waals surface area contributed by atoms with Crippen molar-refractivity contribution in [2.75, 3.05) is 6.54 Å². The molecule has 1 aromatic rings. The third-order valence-corrected chi connectivity index (χ3v) is 2.90. The molecule has 0 fully saturated rings. The Bertz CT molecular complexity index is 347. The topological polar surface area (TPSA) is 68.3 Å². The Morgan fingerprint density at radius 3 is 2.81 bits per heavy atom. The number of hydrogen-bond acceptors (Lipinski definition) is 3. The first-order chi connectivity index (χ1) is 7.60. The second-order valence-corrected chi connectivity index (χ2v) is 4.09. The molecule has 4 heteroatoms. The molecule has 0 radical (unpaired) electrons. The Morgan fingerprint density at radius 2 is 2.25 bits per heavy atom. The van der Waals surface area contributed by atoms with Crippen LogP contribution in [0, 0.1) is 5.92 Å². The molecule has 0 aliphatic carbocycles. The molecule has 1 amide bonds. The molecule has 0 aromatic carbocycles. The number of rotatable bonds is 5. The smallest absolute Gasteiger partial charge is 0.255 e. The fourth-order valence-corrected chi connectivity index (χ4v) is 1.45. The van der Waals surface area contributed by atoms with Gasteiger partial charge in [-0.1, -0.05) is 13.8 Å². The van der Waals surface area contributed by atoms with Crippen molar-refractivity contribution in [2.45, 2.75) is 33.2 Å². The van der Waals surface area contributed by atoms with Crippen molar-refractivity contribution < 1.29 is 9.21 Å². The average Bonchev–Trinajstić information content (AvgIpc) is 2.75.